The van der Waals surface area contributed by atoms with Gasteiger partial charge in [0.2, 0.25) is 11.7 Å². The molecule has 9 heteroatoms. The van der Waals surface area contributed by atoms with E-state index in [1.54, 1.807) is 18.1 Å². The van der Waals surface area contributed by atoms with E-state index in [-0.39, 0.29) is 11.7 Å². The third kappa shape index (κ3) is 3.86. The van der Waals surface area contributed by atoms with Crippen LogP contribution in [0.3, 0.4) is 0 Å². The highest BCUT2D eigenvalue weighted by atomic mass is 16.5. The van der Waals surface area contributed by atoms with Gasteiger partial charge in [0.05, 0.1) is 31.0 Å². The van der Waals surface area contributed by atoms with E-state index >= 15 is 0 Å². The molecule has 9 nitrogen and oxygen atoms in total. The number of fused-ring (bicyclic) bond motifs is 3. The van der Waals surface area contributed by atoms with Gasteiger partial charge in [-0.05, 0) is 12.1 Å². The summed E-state index contributed by atoms with van der Waals surface area (Å²) in [4.78, 5) is 32.4. The van der Waals surface area contributed by atoms with E-state index in [0.29, 0.717) is 32.8 Å². The first-order chi connectivity index (χ1) is 14.5. The van der Waals surface area contributed by atoms with Crippen molar-refractivity contribution in [2.75, 3.05) is 31.8 Å². The molecule has 1 spiro atoms. The first-order valence-electron chi connectivity index (χ1n) is 9.86. The van der Waals surface area contributed by atoms with Crippen molar-refractivity contribution in [2.24, 2.45) is 5.73 Å². The van der Waals surface area contributed by atoms with Gasteiger partial charge >= 0.3 is 0 Å². The summed E-state index contributed by atoms with van der Waals surface area (Å²) in [5.74, 6) is 0.336. The molecule has 30 heavy (non-hydrogen) atoms. The molecule has 3 aliphatic rings. The van der Waals surface area contributed by atoms with Crippen molar-refractivity contribution in [2.45, 2.75) is 31.5 Å². The maximum Gasteiger partial charge on any atom is 0.286 e. The van der Waals surface area contributed by atoms with Gasteiger partial charge in [0.25, 0.3) is 5.91 Å². The van der Waals surface area contributed by atoms with Gasteiger partial charge in [-0.15, -0.1) is 0 Å². The fourth-order valence-corrected chi connectivity index (χ4v) is 3.80. The number of carbonyl (C=O) groups is 2. The van der Waals surface area contributed by atoms with Crippen molar-refractivity contribution in [1.29, 1.82) is 0 Å². The summed E-state index contributed by atoms with van der Waals surface area (Å²) >= 11 is 0. The number of hydrogen-bond acceptors (Lipinski definition) is 7. The highest BCUT2D eigenvalue weighted by Gasteiger charge is 2.43. The van der Waals surface area contributed by atoms with Crippen LogP contribution in [0.25, 0.3) is 0 Å². The summed E-state index contributed by atoms with van der Waals surface area (Å²) in [5.41, 5.74) is 7.40. The van der Waals surface area contributed by atoms with Crippen molar-refractivity contribution in [3.05, 3.63) is 47.5 Å². The molecule has 0 atom stereocenters. The normalized spacial score (nSPS) is 19.1. The second kappa shape index (κ2) is 8.37. The van der Waals surface area contributed by atoms with Crippen molar-refractivity contribution < 1.29 is 23.8 Å². The molecule has 1 fully saturated rings. The fraction of sp³-hybridized carbons (Fsp3) is 0.429. The monoisotopic (exact) mass is 412 g/mol. The van der Waals surface area contributed by atoms with Crippen molar-refractivity contribution in [3.8, 4) is 5.75 Å². The minimum absolute atomic E-state index is 0.0557. The molecular weight excluding hydrogens is 388 g/mol. The zero-order valence-electron chi connectivity index (χ0n) is 16.8. The average molecular weight is 412 g/mol. The minimum Gasteiger partial charge on any atom is -0.491 e. The quantitative estimate of drug-likeness (QED) is 0.755. The van der Waals surface area contributed by atoms with Crippen LogP contribution < -0.4 is 15.4 Å². The second-order valence-electron chi connectivity index (χ2n) is 7.35. The third-order valence-electron chi connectivity index (χ3n) is 5.50. The molecule has 5 rings (SSSR count). The second-order valence-corrected chi connectivity index (χ2v) is 7.35. The van der Waals surface area contributed by atoms with Gasteiger partial charge in [0, 0.05) is 44.9 Å². The summed E-state index contributed by atoms with van der Waals surface area (Å²) < 4.78 is 16.6. The van der Waals surface area contributed by atoms with Gasteiger partial charge in [-0.3, -0.25) is 9.59 Å². The van der Waals surface area contributed by atoms with Crippen molar-refractivity contribution in [3.63, 3.8) is 0 Å². The standard InChI is InChI=1S/C11H13N3O3.C10H11NO2/c12-9(15)10-13-5-7-6-17-11(8(7)14-10)1-3-16-4-2-11;1-11-8-4-2-3-5-9(8)13-7-6-10(11)12/h5H,1-4,6H2,(H2,12,15);2-5H,6-7H2,1H3. The smallest absolute Gasteiger partial charge is 0.286 e. The van der Waals surface area contributed by atoms with Gasteiger partial charge < -0.3 is 24.8 Å². The molecule has 0 unspecified atom stereocenters. The van der Waals surface area contributed by atoms with Crippen LogP contribution in [0.15, 0.2) is 30.5 Å². The maximum atomic E-state index is 11.4. The largest absolute Gasteiger partial charge is 0.491 e. The van der Waals surface area contributed by atoms with Gasteiger partial charge in [-0.25, -0.2) is 9.97 Å². The summed E-state index contributed by atoms with van der Waals surface area (Å²) in [6.45, 7) is 2.26. The number of nitrogens with zero attached hydrogens (tertiary/aromatic N) is 3. The van der Waals surface area contributed by atoms with E-state index in [1.807, 2.05) is 24.3 Å². The zero-order valence-corrected chi connectivity index (χ0v) is 16.8. The molecule has 4 heterocycles. The third-order valence-corrected chi connectivity index (χ3v) is 5.50. The lowest BCUT2D eigenvalue weighted by atomic mass is 9.90. The lowest BCUT2D eigenvalue weighted by Gasteiger charge is -2.32. The fourth-order valence-electron chi connectivity index (χ4n) is 3.80. The Morgan fingerprint density at radius 1 is 1.20 bits per heavy atom. The number of rotatable bonds is 1. The molecule has 1 saturated heterocycles. The number of hydrogen-bond donors (Lipinski definition) is 1. The van der Waals surface area contributed by atoms with Crippen LogP contribution in [0.2, 0.25) is 0 Å². The Kier molecular flexibility index (Phi) is 5.65. The first kappa shape index (κ1) is 20.2. The van der Waals surface area contributed by atoms with E-state index < -0.39 is 11.5 Å². The highest BCUT2D eigenvalue weighted by Crippen LogP contribution is 2.42. The number of carbonyl (C=O) groups excluding carboxylic acids is 2. The van der Waals surface area contributed by atoms with Gasteiger partial charge in [0.1, 0.15) is 11.4 Å². The SMILES string of the molecule is CN1C(=O)CCOc2ccccc21.NC(=O)c1ncc2c(n1)C1(CCOCC1)OC2. The molecule has 158 valence electrons. The Bertz CT molecular complexity index is 953. The number of aromatic nitrogens is 2. The minimum atomic E-state index is -0.609. The molecule has 2 N–H and O–H groups in total. The molecular formula is C21H24N4O5. The lowest BCUT2D eigenvalue weighted by molar-refractivity contribution is -0.118. The zero-order chi connectivity index (χ0) is 21.1. The molecule has 2 amide bonds. The van der Waals surface area contributed by atoms with Crippen LogP contribution in [0.4, 0.5) is 5.69 Å². The van der Waals surface area contributed by atoms with Gasteiger partial charge in [-0.2, -0.15) is 0 Å². The molecule has 2 aromatic rings. The predicted octanol–water partition coefficient (Wildman–Crippen LogP) is 1.54. The molecule has 0 bridgehead atoms. The Hall–Kier alpha value is -3.04. The highest BCUT2D eigenvalue weighted by molar-refractivity contribution is 5.95. The van der Waals surface area contributed by atoms with E-state index in [9.17, 15) is 9.59 Å². The molecule has 0 saturated carbocycles. The maximum absolute atomic E-state index is 11.4. The van der Waals surface area contributed by atoms with Crippen LogP contribution in [0.5, 0.6) is 5.75 Å². The first-order valence-corrected chi connectivity index (χ1v) is 9.86. The van der Waals surface area contributed by atoms with Crippen LogP contribution in [0, 0.1) is 0 Å². The summed E-state index contributed by atoms with van der Waals surface area (Å²) in [7, 11) is 1.77. The van der Waals surface area contributed by atoms with Crippen LogP contribution in [-0.2, 0) is 26.5 Å². The number of primary amides is 1. The van der Waals surface area contributed by atoms with Crippen LogP contribution in [0.1, 0.15) is 41.1 Å². The van der Waals surface area contributed by atoms with E-state index in [0.717, 1.165) is 35.5 Å². The summed E-state index contributed by atoms with van der Waals surface area (Å²) in [6, 6.07) is 7.57. The molecule has 0 aliphatic carbocycles. The number of anilines is 1. The number of amides is 2. The van der Waals surface area contributed by atoms with Crippen molar-refractivity contribution in [1.82, 2.24) is 9.97 Å². The molecule has 3 aliphatic heterocycles. The number of nitrogens with two attached hydrogens (primary N) is 1. The van der Waals surface area contributed by atoms with E-state index in [2.05, 4.69) is 9.97 Å². The summed E-state index contributed by atoms with van der Waals surface area (Å²) in [6.07, 6.45) is 3.60. The number of ether oxygens (including phenoxy) is 3. The topological polar surface area (TPSA) is 117 Å². The van der Waals surface area contributed by atoms with Crippen molar-refractivity contribution >= 4 is 17.5 Å². The Morgan fingerprint density at radius 3 is 2.73 bits per heavy atom. The number of benzene rings is 1. The van der Waals surface area contributed by atoms with E-state index in [4.69, 9.17) is 19.9 Å². The lowest BCUT2D eigenvalue weighted by Crippen LogP contribution is -2.34. The molecule has 1 aromatic heterocycles. The van der Waals surface area contributed by atoms with Crippen LogP contribution >= 0.6 is 0 Å². The molecule has 0 radical (unpaired) electrons. The van der Waals surface area contributed by atoms with Gasteiger partial charge in [0.15, 0.2) is 0 Å². The predicted molar refractivity (Wildman–Crippen MR) is 107 cm³/mol. The van der Waals surface area contributed by atoms with Gasteiger partial charge in [-0.1, -0.05) is 12.1 Å². The average Bonchev–Trinajstić information content (AvgIpc) is 3.03. The Morgan fingerprint density at radius 2 is 1.97 bits per heavy atom. The Balaban J connectivity index is 0.000000151. The van der Waals surface area contributed by atoms with E-state index in [1.165, 1.54) is 0 Å². The number of para-hydroxylation sites is 2. The molecule has 1 aromatic carbocycles. The Labute approximate surface area is 174 Å². The van der Waals surface area contributed by atoms with Crippen LogP contribution in [-0.4, -0.2) is 48.7 Å². The summed E-state index contributed by atoms with van der Waals surface area (Å²) in [5, 5.41) is 0.